The molecule has 0 radical (unpaired) electrons. The van der Waals surface area contributed by atoms with Crippen molar-refractivity contribution < 1.29 is 4.84 Å². The van der Waals surface area contributed by atoms with Gasteiger partial charge >= 0.3 is 0 Å². The summed E-state index contributed by atoms with van der Waals surface area (Å²) in [5.41, 5.74) is 3.72. The van der Waals surface area contributed by atoms with Crippen molar-refractivity contribution in [3.63, 3.8) is 0 Å². The fourth-order valence-electron chi connectivity index (χ4n) is 1.72. The fourth-order valence-corrected chi connectivity index (χ4v) is 1.72. The highest BCUT2D eigenvalue weighted by molar-refractivity contribution is 6.13. The molecule has 0 aliphatic carbocycles. The molecule has 2 aromatic rings. The number of hydrogen-bond donors (Lipinski definition) is 0. The zero-order valence-electron chi connectivity index (χ0n) is 11.1. The minimum Gasteiger partial charge on any atom is -0.398 e. The second-order valence-corrected chi connectivity index (χ2v) is 4.05. The van der Waals surface area contributed by atoms with Crippen molar-refractivity contribution >= 4 is 5.71 Å². The van der Waals surface area contributed by atoms with Gasteiger partial charge in [0.25, 0.3) is 0 Å². The van der Waals surface area contributed by atoms with Crippen molar-refractivity contribution in [2.45, 2.75) is 6.92 Å². The molecule has 94 valence electrons. The Morgan fingerprint density at radius 1 is 1.00 bits per heavy atom. The van der Waals surface area contributed by atoms with Gasteiger partial charge in [0.15, 0.2) is 5.71 Å². The Hall–Kier alpha value is -2.53. The van der Waals surface area contributed by atoms with Crippen LogP contribution in [-0.2, 0) is 4.84 Å². The second kappa shape index (κ2) is 6.42. The van der Waals surface area contributed by atoms with Gasteiger partial charge in [-0.1, -0.05) is 53.5 Å². The van der Waals surface area contributed by atoms with Crippen molar-refractivity contribution in [3.8, 4) is 11.8 Å². The molecule has 0 aromatic heterocycles. The standard InChI is InChI=1S/C17H15NO/c1-14-8-6-7-11-16(14)17(18-19-2)13-12-15-9-4-3-5-10-15/h3-11H,1-2H3/b18-17+. The Bertz CT molecular complexity index is 633. The molecule has 0 unspecified atom stereocenters. The third kappa shape index (κ3) is 3.46. The van der Waals surface area contributed by atoms with Gasteiger partial charge in [-0.15, -0.1) is 0 Å². The van der Waals surface area contributed by atoms with Crippen LogP contribution in [0.2, 0.25) is 0 Å². The van der Waals surface area contributed by atoms with E-state index in [-0.39, 0.29) is 0 Å². The van der Waals surface area contributed by atoms with Gasteiger partial charge < -0.3 is 4.84 Å². The Morgan fingerprint density at radius 2 is 1.68 bits per heavy atom. The molecule has 0 amide bonds. The minimum absolute atomic E-state index is 0.643. The summed E-state index contributed by atoms with van der Waals surface area (Å²) in [4.78, 5) is 4.89. The first-order chi connectivity index (χ1) is 9.31. The summed E-state index contributed by atoms with van der Waals surface area (Å²) in [5, 5.41) is 4.01. The molecule has 0 bridgehead atoms. The van der Waals surface area contributed by atoms with Gasteiger partial charge in [-0.25, -0.2) is 0 Å². The zero-order valence-corrected chi connectivity index (χ0v) is 11.1. The average Bonchev–Trinajstić information content (AvgIpc) is 2.45. The smallest absolute Gasteiger partial charge is 0.160 e. The molecular formula is C17H15NO. The lowest BCUT2D eigenvalue weighted by Gasteiger charge is -2.02. The third-order valence-electron chi connectivity index (χ3n) is 2.68. The molecule has 0 atom stereocenters. The molecule has 2 nitrogen and oxygen atoms in total. The average molecular weight is 249 g/mol. The molecule has 0 aliphatic heterocycles. The van der Waals surface area contributed by atoms with Crippen LogP contribution in [0, 0.1) is 18.8 Å². The van der Waals surface area contributed by atoms with E-state index in [0.29, 0.717) is 5.71 Å². The van der Waals surface area contributed by atoms with Crippen LogP contribution in [0.25, 0.3) is 0 Å². The first kappa shape index (κ1) is 12.9. The van der Waals surface area contributed by atoms with Gasteiger partial charge in [0.2, 0.25) is 0 Å². The van der Waals surface area contributed by atoms with Crippen LogP contribution in [-0.4, -0.2) is 12.8 Å². The summed E-state index contributed by atoms with van der Waals surface area (Å²) >= 11 is 0. The number of nitrogens with zero attached hydrogens (tertiary/aromatic N) is 1. The highest BCUT2D eigenvalue weighted by Gasteiger charge is 2.03. The first-order valence-corrected chi connectivity index (χ1v) is 6.05. The number of oxime groups is 1. The molecular weight excluding hydrogens is 234 g/mol. The van der Waals surface area contributed by atoms with Crippen LogP contribution < -0.4 is 0 Å². The molecule has 2 rings (SSSR count). The Kier molecular flexibility index (Phi) is 4.36. The van der Waals surface area contributed by atoms with E-state index in [0.717, 1.165) is 16.7 Å². The van der Waals surface area contributed by atoms with E-state index in [2.05, 4.69) is 17.0 Å². The molecule has 0 N–H and O–H groups in total. The van der Waals surface area contributed by atoms with Crippen molar-refractivity contribution in [1.82, 2.24) is 0 Å². The van der Waals surface area contributed by atoms with Crippen LogP contribution in [0.15, 0.2) is 59.8 Å². The maximum Gasteiger partial charge on any atom is 0.160 e. The summed E-state index contributed by atoms with van der Waals surface area (Å²) in [7, 11) is 1.53. The van der Waals surface area contributed by atoms with Crippen molar-refractivity contribution in [2.75, 3.05) is 7.11 Å². The van der Waals surface area contributed by atoms with E-state index >= 15 is 0 Å². The van der Waals surface area contributed by atoms with E-state index in [9.17, 15) is 0 Å². The molecule has 2 heteroatoms. The maximum atomic E-state index is 4.89. The molecule has 0 saturated heterocycles. The maximum absolute atomic E-state index is 4.89. The lowest BCUT2D eigenvalue weighted by Crippen LogP contribution is -2.01. The normalized spacial score (nSPS) is 10.5. The fraction of sp³-hybridized carbons (Fsp3) is 0.118. The SMILES string of the molecule is CO/N=C(\C#Cc1ccccc1)c1ccccc1C. The molecule has 0 aliphatic rings. The second-order valence-electron chi connectivity index (χ2n) is 4.05. The van der Waals surface area contributed by atoms with E-state index in [1.54, 1.807) is 0 Å². The van der Waals surface area contributed by atoms with Crippen LogP contribution >= 0.6 is 0 Å². The molecule has 19 heavy (non-hydrogen) atoms. The van der Waals surface area contributed by atoms with E-state index in [4.69, 9.17) is 4.84 Å². The van der Waals surface area contributed by atoms with Crippen LogP contribution in [0.3, 0.4) is 0 Å². The quantitative estimate of drug-likeness (QED) is 0.454. The highest BCUT2D eigenvalue weighted by atomic mass is 16.6. The summed E-state index contributed by atoms with van der Waals surface area (Å²) in [6.07, 6.45) is 0. The zero-order chi connectivity index (χ0) is 13.5. The summed E-state index contributed by atoms with van der Waals surface area (Å²) < 4.78 is 0. The number of rotatable bonds is 2. The van der Waals surface area contributed by atoms with Gasteiger partial charge in [0.05, 0.1) is 0 Å². The number of hydrogen-bond acceptors (Lipinski definition) is 2. The first-order valence-electron chi connectivity index (χ1n) is 6.05. The Labute approximate surface area is 113 Å². The monoisotopic (exact) mass is 249 g/mol. The summed E-state index contributed by atoms with van der Waals surface area (Å²) in [6.45, 7) is 2.03. The predicted octanol–water partition coefficient (Wildman–Crippen LogP) is 3.40. The van der Waals surface area contributed by atoms with Gasteiger partial charge in [-0.3, -0.25) is 0 Å². The van der Waals surface area contributed by atoms with Crippen LogP contribution in [0.4, 0.5) is 0 Å². The van der Waals surface area contributed by atoms with E-state index in [1.165, 1.54) is 7.11 Å². The third-order valence-corrected chi connectivity index (χ3v) is 2.68. The topological polar surface area (TPSA) is 21.6 Å². The Morgan fingerprint density at radius 3 is 2.37 bits per heavy atom. The lowest BCUT2D eigenvalue weighted by molar-refractivity contribution is 0.214. The van der Waals surface area contributed by atoms with Gasteiger partial charge in [0.1, 0.15) is 7.11 Å². The van der Waals surface area contributed by atoms with Crippen molar-refractivity contribution in [2.24, 2.45) is 5.16 Å². The number of aryl methyl sites for hydroxylation is 1. The number of benzene rings is 2. The molecule has 0 saturated carbocycles. The van der Waals surface area contributed by atoms with Crippen molar-refractivity contribution in [3.05, 3.63) is 71.3 Å². The summed E-state index contributed by atoms with van der Waals surface area (Å²) in [6, 6.07) is 17.8. The molecule has 0 spiro atoms. The molecule has 0 fully saturated rings. The van der Waals surface area contributed by atoms with Crippen LogP contribution in [0.1, 0.15) is 16.7 Å². The van der Waals surface area contributed by atoms with Crippen LogP contribution in [0.5, 0.6) is 0 Å². The van der Waals surface area contributed by atoms with Gasteiger partial charge in [0, 0.05) is 11.1 Å². The molecule has 0 heterocycles. The Balaban J connectivity index is 2.36. The van der Waals surface area contributed by atoms with Gasteiger partial charge in [-0.2, -0.15) is 0 Å². The predicted molar refractivity (Wildman–Crippen MR) is 78.0 cm³/mol. The largest absolute Gasteiger partial charge is 0.398 e. The highest BCUT2D eigenvalue weighted by Crippen LogP contribution is 2.09. The lowest BCUT2D eigenvalue weighted by atomic mass is 10.0. The van der Waals surface area contributed by atoms with E-state index < -0.39 is 0 Å². The van der Waals surface area contributed by atoms with Gasteiger partial charge in [-0.05, 0) is 30.5 Å². The van der Waals surface area contributed by atoms with E-state index in [1.807, 2.05) is 61.5 Å². The van der Waals surface area contributed by atoms with Crippen molar-refractivity contribution in [1.29, 1.82) is 0 Å². The minimum atomic E-state index is 0.643. The molecule has 2 aromatic carbocycles. The summed E-state index contributed by atoms with van der Waals surface area (Å²) in [5.74, 6) is 6.16.